The van der Waals surface area contributed by atoms with E-state index in [-0.39, 0.29) is 27.1 Å². The second-order valence-electron chi connectivity index (χ2n) is 25.5. The fraction of sp³-hybridized carbons (Fsp3) is 0.359. The molecule has 6 aromatic carbocycles. The molecule has 5 nitrogen and oxygen atoms in total. The monoisotopic (exact) mass is 911 g/mol. The van der Waals surface area contributed by atoms with Gasteiger partial charge in [0.1, 0.15) is 17.3 Å². The van der Waals surface area contributed by atoms with Gasteiger partial charge in [0.05, 0.1) is 40.2 Å². The van der Waals surface area contributed by atoms with Crippen LogP contribution in [0.1, 0.15) is 154 Å². The molecule has 0 N–H and O–H groups in total. The Kier molecular flexibility index (Phi) is 9.55. The van der Waals surface area contributed by atoms with Crippen LogP contribution in [0.4, 0.5) is 17.1 Å². The quantitative estimate of drug-likeness (QED) is 0.177. The summed E-state index contributed by atoms with van der Waals surface area (Å²) in [6.07, 6.45) is 1.87. The van der Waals surface area contributed by atoms with E-state index in [2.05, 4.69) is 234 Å². The number of hydrogen-bond acceptors (Lipinski definition) is 4. The van der Waals surface area contributed by atoms with Crippen LogP contribution in [0.5, 0.6) is 11.5 Å². The van der Waals surface area contributed by atoms with Gasteiger partial charge in [-0.2, -0.15) is 0 Å². The number of benzene rings is 6. The average molecular weight is 911 g/mol. The number of fused-ring (bicyclic) bond motifs is 12. The number of para-hydroxylation sites is 1. The number of aromatic nitrogens is 2. The Morgan fingerprint density at radius 1 is 0.493 bits per heavy atom. The molecule has 0 radical (unpaired) electrons. The lowest BCUT2D eigenvalue weighted by molar-refractivity contribution is 0.482. The average Bonchev–Trinajstić information content (AvgIpc) is 3.89. The Bertz CT molecular complexity index is 3340. The van der Waals surface area contributed by atoms with Crippen molar-refractivity contribution in [1.29, 1.82) is 0 Å². The summed E-state index contributed by atoms with van der Waals surface area (Å²) in [4.78, 5) is 9.84. The summed E-state index contributed by atoms with van der Waals surface area (Å²) in [7, 11) is 2.24. The summed E-state index contributed by atoms with van der Waals surface area (Å²) in [5.74, 6) is 2.48. The molecule has 0 bridgehead atoms. The molecule has 1 spiro atoms. The topological polar surface area (TPSA) is 33.5 Å². The molecule has 0 saturated carbocycles. The second-order valence-corrected chi connectivity index (χ2v) is 25.5. The second kappa shape index (κ2) is 14.6. The summed E-state index contributed by atoms with van der Waals surface area (Å²) >= 11 is 0. The van der Waals surface area contributed by atoms with E-state index < -0.39 is 5.41 Å². The Morgan fingerprint density at radius 3 is 1.68 bits per heavy atom. The van der Waals surface area contributed by atoms with E-state index in [1.54, 1.807) is 0 Å². The van der Waals surface area contributed by atoms with Gasteiger partial charge in [0.25, 0.3) is 0 Å². The van der Waals surface area contributed by atoms with Gasteiger partial charge in [-0.05, 0) is 137 Å². The molecule has 1 aliphatic carbocycles. The van der Waals surface area contributed by atoms with Gasteiger partial charge in [0.2, 0.25) is 0 Å². The van der Waals surface area contributed by atoms with Gasteiger partial charge in [-0.25, -0.2) is 4.98 Å². The van der Waals surface area contributed by atoms with Gasteiger partial charge in [0, 0.05) is 36.1 Å². The van der Waals surface area contributed by atoms with E-state index in [4.69, 9.17) is 9.72 Å². The minimum atomic E-state index is -0.613. The van der Waals surface area contributed by atoms with Crippen molar-refractivity contribution in [3.8, 4) is 28.4 Å². The van der Waals surface area contributed by atoms with Crippen LogP contribution in [0, 0.1) is 0 Å². The van der Waals surface area contributed by atoms with Crippen LogP contribution >= 0.6 is 0 Å². The molecule has 4 heterocycles. The van der Waals surface area contributed by atoms with E-state index in [0.29, 0.717) is 0 Å². The SMILES string of the molecule is CN1CN2c3cc(Oc4ccc5c6cc(C(C)(C)C)ccc6n(-c6ccccn6)c5c4)ccc3C3(c4cccc1c42)c1c(cc(C(C)(C)C)cc1C(C)(C)C)-c1cc(C(C)(C)C)cc(C(C)(C)C)c13. The molecule has 0 saturated heterocycles. The maximum Gasteiger partial charge on any atom is 0.137 e. The zero-order chi connectivity index (χ0) is 49.1. The van der Waals surface area contributed by atoms with E-state index >= 15 is 0 Å². The first kappa shape index (κ1) is 45.1. The van der Waals surface area contributed by atoms with Crippen molar-refractivity contribution in [2.45, 2.75) is 136 Å². The molecule has 0 unspecified atom stereocenters. The third-order valence-corrected chi connectivity index (χ3v) is 15.5. The van der Waals surface area contributed by atoms with Crippen LogP contribution in [-0.4, -0.2) is 23.3 Å². The van der Waals surface area contributed by atoms with Crippen molar-refractivity contribution < 1.29 is 4.74 Å². The van der Waals surface area contributed by atoms with Crippen molar-refractivity contribution in [3.05, 3.63) is 172 Å². The van der Waals surface area contributed by atoms with Crippen molar-refractivity contribution in [2.75, 3.05) is 23.5 Å². The van der Waals surface area contributed by atoms with E-state index in [0.717, 1.165) is 35.0 Å². The molecule has 352 valence electrons. The van der Waals surface area contributed by atoms with Crippen molar-refractivity contribution in [1.82, 2.24) is 9.55 Å². The van der Waals surface area contributed by atoms with E-state index in [9.17, 15) is 0 Å². The highest BCUT2D eigenvalue weighted by molar-refractivity contribution is 6.10. The Hall–Kier alpha value is -6.33. The van der Waals surface area contributed by atoms with Gasteiger partial charge in [-0.15, -0.1) is 0 Å². The molecule has 0 amide bonds. The fourth-order valence-electron chi connectivity index (χ4n) is 11.9. The molecule has 3 aliphatic rings. The lowest BCUT2D eigenvalue weighted by atomic mass is 9.59. The highest BCUT2D eigenvalue weighted by Gasteiger charge is 2.57. The lowest BCUT2D eigenvalue weighted by Crippen LogP contribution is -2.40. The molecule has 2 aromatic heterocycles. The fourth-order valence-corrected chi connectivity index (χ4v) is 11.9. The number of anilines is 3. The molecular weight excluding hydrogens is 841 g/mol. The number of hydrogen-bond donors (Lipinski definition) is 0. The summed E-state index contributed by atoms with van der Waals surface area (Å²) in [5.41, 5.74) is 20.1. The first-order valence-corrected chi connectivity index (χ1v) is 25.1. The molecule has 5 heteroatoms. The number of pyridine rings is 1. The van der Waals surface area contributed by atoms with E-state index in [1.807, 2.05) is 12.3 Å². The number of nitrogens with zero attached hydrogens (tertiary/aromatic N) is 4. The van der Waals surface area contributed by atoms with Gasteiger partial charge in [-0.1, -0.05) is 158 Å². The van der Waals surface area contributed by atoms with Crippen molar-refractivity contribution in [2.24, 2.45) is 0 Å². The molecule has 11 rings (SSSR count). The van der Waals surface area contributed by atoms with Crippen LogP contribution in [0.25, 0.3) is 38.8 Å². The predicted octanol–water partition coefficient (Wildman–Crippen LogP) is 16.7. The first-order chi connectivity index (χ1) is 32.3. The molecule has 8 aromatic rings. The highest BCUT2D eigenvalue weighted by Crippen LogP contribution is 2.68. The van der Waals surface area contributed by atoms with Crippen LogP contribution in [-0.2, 0) is 32.5 Å². The Morgan fingerprint density at radius 2 is 1.10 bits per heavy atom. The van der Waals surface area contributed by atoms with Gasteiger partial charge >= 0.3 is 0 Å². The third-order valence-electron chi connectivity index (χ3n) is 15.5. The maximum absolute atomic E-state index is 7.12. The van der Waals surface area contributed by atoms with Crippen molar-refractivity contribution >= 4 is 38.9 Å². The minimum Gasteiger partial charge on any atom is -0.457 e. The van der Waals surface area contributed by atoms with Crippen LogP contribution in [0.15, 0.2) is 121 Å². The van der Waals surface area contributed by atoms with Crippen molar-refractivity contribution in [3.63, 3.8) is 0 Å². The third kappa shape index (κ3) is 6.73. The van der Waals surface area contributed by atoms with Gasteiger partial charge in [-0.3, -0.25) is 4.57 Å². The zero-order valence-corrected chi connectivity index (χ0v) is 44.0. The molecule has 0 fully saturated rings. The zero-order valence-electron chi connectivity index (χ0n) is 44.0. The molecule has 2 aliphatic heterocycles. The standard InChI is InChI=1S/C64H70N4O/c1-59(2,3)38-23-28-51-44(30-38)43-26-24-41(35-53(43)68(51)55-22-17-18-29-65-55)69-42-25-27-47-54(36-42)67-37-66(16)52-21-19-20-48(58(52)67)64(47)56-45(31-39(60(4,5)6)33-49(56)62(10,11)12)46-32-40(61(7,8)9)34-50(57(46)64)63(13,14)15/h17-36H,37H2,1-16H3. The summed E-state index contributed by atoms with van der Waals surface area (Å²) in [6, 6.07) is 43.9. The number of rotatable bonds is 3. The molecular formula is C64H70N4O. The Labute approximate surface area is 411 Å². The maximum atomic E-state index is 7.12. The summed E-state index contributed by atoms with van der Waals surface area (Å²) < 4.78 is 9.40. The van der Waals surface area contributed by atoms with Crippen LogP contribution in [0.2, 0.25) is 0 Å². The summed E-state index contributed by atoms with van der Waals surface area (Å²) in [5, 5.41) is 2.39. The van der Waals surface area contributed by atoms with Gasteiger partial charge < -0.3 is 14.5 Å². The van der Waals surface area contributed by atoms with E-state index in [1.165, 1.54) is 89.0 Å². The highest BCUT2D eigenvalue weighted by atomic mass is 16.5. The lowest BCUT2D eigenvalue weighted by Gasteiger charge is -2.46. The van der Waals surface area contributed by atoms with Crippen LogP contribution in [0.3, 0.4) is 0 Å². The molecule has 0 atom stereocenters. The predicted molar refractivity (Wildman–Crippen MR) is 291 cm³/mol. The van der Waals surface area contributed by atoms with Crippen LogP contribution < -0.4 is 14.5 Å². The Balaban J connectivity index is 1.19. The molecule has 69 heavy (non-hydrogen) atoms. The smallest absolute Gasteiger partial charge is 0.137 e. The number of ether oxygens (including phenoxy) is 1. The first-order valence-electron chi connectivity index (χ1n) is 25.1. The summed E-state index contributed by atoms with van der Waals surface area (Å²) in [6.45, 7) is 36.3. The minimum absolute atomic E-state index is 0.0170. The largest absolute Gasteiger partial charge is 0.457 e. The van der Waals surface area contributed by atoms with Gasteiger partial charge in [0.15, 0.2) is 0 Å². The normalized spacial score (nSPS) is 15.2.